The Morgan fingerprint density at radius 1 is 1.24 bits per heavy atom. The smallest absolute Gasteiger partial charge is 0.0553 e. The van der Waals surface area contributed by atoms with Crippen LogP contribution in [-0.4, -0.2) is 30.2 Å². The number of rotatable bonds is 3. The fraction of sp³-hybridized carbons (Fsp3) is 0.643. The zero-order valence-corrected chi connectivity index (χ0v) is 10.5. The summed E-state index contributed by atoms with van der Waals surface area (Å²) in [6, 6.07) is 5.79. The van der Waals surface area contributed by atoms with Crippen LogP contribution in [0.3, 0.4) is 0 Å². The van der Waals surface area contributed by atoms with E-state index in [0.29, 0.717) is 6.04 Å². The Hall–Kier alpha value is -1.09. The van der Waals surface area contributed by atoms with E-state index in [1.807, 2.05) is 13.1 Å². The zero-order chi connectivity index (χ0) is 11.7. The highest BCUT2D eigenvalue weighted by molar-refractivity contribution is 5.45. The quantitative estimate of drug-likeness (QED) is 0.863. The van der Waals surface area contributed by atoms with Crippen molar-refractivity contribution in [3.05, 3.63) is 24.0 Å². The van der Waals surface area contributed by atoms with Gasteiger partial charge in [-0.1, -0.05) is 0 Å². The molecule has 1 aromatic rings. The van der Waals surface area contributed by atoms with E-state index >= 15 is 0 Å². The molecule has 1 aliphatic heterocycles. The number of aryl methyl sites for hydroxylation is 1. The highest BCUT2D eigenvalue weighted by Gasteiger charge is 2.27. The van der Waals surface area contributed by atoms with E-state index < -0.39 is 0 Å². The lowest BCUT2D eigenvalue weighted by atomic mass is 10.1. The summed E-state index contributed by atoms with van der Waals surface area (Å²) < 4.78 is 0. The number of nitrogens with zero attached hydrogens (tertiary/aromatic N) is 2. The molecular weight excluding hydrogens is 210 g/mol. The minimum atomic E-state index is 0.678. The lowest BCUT2D eigenvalue weighted by Crippen LogP contribution is -2.46. The Balaban J connectivity index is 1.63. The van der Waals surface area contributed by atoms with Gasteiger partial charge in [0.05, 0.1) is 11.9 Å². The molecule has 0 bridgehead atoms. The minimum Gasteiger partial charge on any atom is -0.369 e. The summed E-state index contributed by atoms with van der Waals surface area (Å²) in [4.78, 5) is 6.86. The van der Waals surface area contributed by atoms with Crippen molar-refractivity contribution < 1.29 is 0 Å². The van der Waals surface area contributed by atoms with E-state index in [0.717, 1.165) is 18.3 Å². The van der Waals surface area contributed by atoms with Gasteiger partial charge < -0.3 is 10.2 Å². The first-order valence-corrected chi connectivity index (χ1v) is 6.75. The molecule has 1 unspecified atom stereocenters. The third kappa shape index (κ3) is 2.78. The van der Waals surface area contributed by atoms with Crippen molar-refractivity contribution in [1.29, 1.82) is 0 Å². The van der Waals surface area contributed by atoms with E-state index in [2.05, 4.69) is 27.3 Å². The molecule has 3 rings (SSSR count). The molecule has 2 fully saturated rings. The van der Waals surface area contributed by atoms with Crippen molar-refractivity contribution in [3.8, 4) is 0 Å². The number of anilines is 1. The third-order valence-corrected chi connectivity index (χ3v) is 3.73. The predicted molar refractivity (Wildman–Crippen MR) is 70.4 cm³/mol. The Bertz CT molecular complexity index is 370. The number of pyridine rings is 1. The molecule has 1 saturated heterocycles. The van der Waals surface area contributed by atoms with Crippen molar-refractivity contribution in [1.82, 2.24) is 10.3 Å². The number of hydrogen-bond acceptors (Lipinski definition) is 3. The van der Waals surface area contributed by atoms with Crippen LogP contribution in [0.4, 0.5) is 5.69 Å². The molecule has 92 valence electrons. The third-order valence-electron chi connectivity index (χ3n) is 3.73. The number of piperidine rings is 1. The van der Waals surface area contributed by atoms with E-state index in [4.69, 9.17) is 0 Å². The first-order chi connectivity index (χ1) is 8.31. The molecule has 1 N–H and O–H groups in total. The number of hydrogen-bond donors (Lipinski definition) is 1. The molecule has 0 aromatic carbocycles. The van der Waals surface area contributed by atoms with Crippen molar-refractivity contribution >= 4 is 5.69 Å². The van der Waals surface area contributed by atoms with Crippen LogP contribution in [-0.2, 0) is 0 Å². The van der Waals surface area contributed by atoms with Crippen LogP contribution in [0, 0.1) is 6.92 Å². The zero-order valence-electron chi connectivity index (χ0n) is 10.5. The van der Waals surface area contributed by atoms with Gasteiger partial charge in [0.25, 0.3) is 0 Å². The Kier molecular flexibility index (Phi) is 3.02. The second-order valence-electron chi connectivity index (χ2n) is 5.38. The van der Waals surface area contributed by atoms with Crippen LogP contribution >= 0.6 is 0 Å². The average Bonchev–Trinajstić information content (AvgIpc) is 3.14. The molecule has 17 heavy (non-hydrogen) atoms. The SMILES string of the molecule is Cc1ccc(N2CCCC(NC3CC3)C2)cn1. The van der Waals surface area contributed by atoms with E-state index in [9.17, 15) is 0 Å². The maximum Gasteiger partial charge on any atom is 0.0553 e. The van der Waals surface area contributed by atoms with Gasteiger partial charge in [-0.25, -0.2) is 0 Å². The lowest BCUT2D eigenvalue weighted by molar-refractivity contribution is 0.420. The maximum atomic E-state index is 4.39. The highest BCUT2D eigenvalue weighted by atomic mass is 15.2. The van der Waals surface area contributed by atoms with Crippen molar-refractivity contribution in [2.24, 2.45) is 0 Å². The summed E-state index contributed by atoms with van der Waals surface area (Å²) in [5, 5.41) is 3.74. The van der Waals surface area contributed by atoms with Crippen molar-refractivity contribution in [2.75, 3.05) is 18.0 Å². The predicted octanol–water partition coefficient (Wildman–Crippen LogP) is 2.11. The number of nitrogens with one attached hydrogen (secondary N) is 1. The van der Waals surface area contributed by atoms with Crippen LogP contribution < -0.4 is 10.2 Å². The first-order valence-electron chi connectivity index (χ1n) is 6.75. The molecular formula is C14H21N3. The molecule has 0 amide bonds. The molecule has 3 heteroatoms. The largest absolute Gasteiger partial charge is 0.369 e. The Morgan fingerprint density at radius 2 is 2.12 bits per heavy atom. The van der Waals surface area contributed by atoms with E-state index in [1.54, 1.807) is 0 Å². The van der Waals surface area contributed by atoms with E-state index in [-0.39, 0.29) is 0 Å². The first kappa shape index (κ1) is 11.0. The fourth-order valence-electron chi connectivity index (χ4n) is 2.58. The van der Waals surface area contributed by atoms with Gasteiger partial charge in [-0.3, -0.25) is 4.98 Å². The molecule has 2 heterocycles. The second kappa shape index (κ2) is 4.65. The topological polar surface area (TPSA) is 28.2 Å². The van der Waals surface area contributed by atoms with Gasteiger partial charge in [0, 0.05) is 30.9 Å². The molecule has 1 saturated carbocycles. The van der Waals surface area contributed by atoms with Gasteiger partial charge >= 0.3 is 0 Å². The van der Waals surface area contributed by atoms with Crippen LogP contribution in [0.5, 0.6) is 0 Å². The van der Waals surface area contributed by atoms with Crippen LogP contribution in [0.1, 0.15) is 31.4 Å². The minimum absolute atomic E-state index is 0.678. The molecule has 0 spiro atoms. The molecule has 3 nitrogen and oxygen atoms in total. The summed E-state index contributed by atoms with van der Waals surface area (Å²) in [7, 11) is 0. The summed E-state index contributed by atoms with van der Waals surface area (Å²) in [5.41, 5.74) is 2.37. The van der Waals surface area contributed by atoms with Crippen LogP contribution in [0.25, 0.3) is 0 Å². The Morgan fingerprint density at radius 3 is 2.82 bits per heavy atom. The van der Waals surface area contributed by atoms with Crippen LogP contribution in [0.15, 0.2) is 18.3 Å². The Labute approximate surface area is 103 Å². The average molecular weight is 231 g/mol. The molecule has 1 aliphatic carbocycles. The highest BCUT2D eigenvalue weighted by Crippen LogP contribution is 2.24. The maximum absolute atomic E-state index is 4.39. The molecule has 1 aromatic heterocycles. The van der Waals surface area contributed by atoms with E-state index in [1.165, 1.54) is 37.9 Å². The van der Waals surface area contributed by atoms with Crippen LogP contribution in [0.2, 0.25) is 0 Å². The monoisotopic (exact) mass is 231 g/mol. The number of aromatic nitrogens is 1. The normalized spacial score (nSPS) is 25.0. The summed E-state index contributed by atoms with van der Waals surface area (Å²) in [6.07, 6.45) is 7.38. The molecule has 1 atom stereocenters. The van der Waals surface area contributed by atoms with Gasteiger partial charge in [0.15, 0.2) is 0 Å². The van der Waals surface area contributed by atoms with Gasteiger partial charge in [0.2, 0.25) is 0 Å². The summed E-state index contributed by atoms with van der Waals surface area (Å²) in [6.45, 7) is 4.35. The van der Waals surface area contributed by atoms with Crippen molar-refractivity contribution in [3.63, 3.8) is 0 Å². The standard InChI is InChI=1S/C14H21N3/c1-11-4-7-14(9-15-11)17-8-2-3-13(10-17)16-12-5-6-12/h4,7,9,12-13,16H,2-3,5-6,8,10H2,1H3. The fourth-order valence-corrected chi connectivity index (χ4v) is 2.58. The molecule has 0 radical (unpaired) electrons. The summed E-state index contributed by atoms with van der Waals surface area (Å²) in [5.74, 6) is 0. The van der Waals surface area contributed by atoms with Crippen molar-refractivity contribution in [2.45, 2.75) is 44.7 Å². The van der Waals surface area contributed by atoms with Gasteiger partial charge in [-0.05, 0) is 44.7 Å². The van der Waals surface area contributed by atoms with Gasteiger partial charge in [-0.15, -0.1) is 0 Å². The second-order valence-corrected chi connectivity index (χ2v) is 5.38. The lowest BCUT2D eigenvalue weighted by Gasteiger charge is -2.34. The van der Waals surface area contributed by atoms with Gasteiger partial charge in [-0.2, -0.15) is 0 Å². The molecule has 2 aliphatic rings. The van der Waals surface area contributed by atoms with Gasteiger partial charge in [0.1, 0.15) is 0 Å². The summed E-state index contributed by atoms with van der Waals surface area (Å²) >= 11 is 0.